The van der Waals surface area contributed by atoms with E-state index in [0.29, 0.717) is 19.7 Å². The van der Waals surface area contributed by atoms with Crippen molar-refractivity contribution in [2.75, 3.05) is 26.2 Å². The van der Waals surface area contributed by atoms with Gasteiger partial charge >= 0.3 is 12.1 Å². The van der Waals surface area contributed by atoms with E-state index in [2.05, 4.69) is 15.5 Å². The summed E-state index contributed by atoms with van der Waals surface area (Å²) in [5.74, 6) is -1.02. The number of nitrogens with zero attached hydrogens (tertiary/aromatic N) is 1. The second kappa shape index (κ2) is 10.4. The predicted octanol–water partition coefficient (Wildman–Crippen LogP) is 0.450. The molecular formula is C19H32N4O5. The summed E-state index contributed by atoms with van der Waals surface area (Å²) in [5, 5.41) is 15.0. The first-order valence-electron chi connectivity index (χ1n) is 9.93. The first-order valence-corrected chi connectivity index (χ1v) is 9.93. The van der Waals surface area contributed by atoms with E-state index in [4.69, 9.17) is 10.5 Å². The number of aliphatic carboxylic acids is 1. The quantitative estimate of drug-likeness (QED) is 0.491. The molecule has 0 radical (unpaired) electrons. The Morgan fingerprint density at radius 2 is 2.14 bits per heavy atom. The van der Waals surface area contributed by atoms with Gasteiger partial charge < -0.3 is 26.2 Å². The van der Waals surface area contributed by atoms with Crippen LogP contribution >= 0.6 is 0 Å². The monoisotopic (exact) mass is 396 g/mol. The Labute approximate surface area is 165 Å². The molecule has 28 heavy (non-hydrogen) atoms. The van der Waals surface area contributed by atoms with Crippen LogP contribution in [0.25, 0.3) is 0 Å². The number of carboxylic acids is 1. The number of amides is 2. The number of nitrogens with one attached hydrogen (secondary N) is 2. The molecule has 0 spiro atoms. The molecule has 1 heterocycles. The summed E-state index contributed by atoms with van der Waals surface area (Å²) in [6.45, 7) is 5.72. The number of carboxylic acid groups (broad SMARTS) is 1. The molecular weight excluding hydrogens is 364 g/mol. The SMILES string of the molecule is CCCNC(=O)OC[C@H]1CCCN([C@@H]2C=C(C(=O)O)C[C@H](N)[C@H]2NC(C)=O)C1. The Morgan fingerprint density at radius 1 is 1.39 bits per heavy atom. The highest BCUT2D eigenvalue weighted by Crippen LogP contribution is 2.27. The van der Waals surface area contributed by atoms with Gasteiger partial charge in [0.05, 0.1) is 18.7 Å². The van der Waals surface area contributed by atoms with E-state index in [1.807, 2.05) is 6.92 Å². The number of hydrogen-bond acceptors (Lipinski definition) is 6. The molecule has 9 nitrogen and oxygen atoms in total. The number of hydrogen-bond donors (Lipinski definition) is 4. The van der Waals surface area contributed by atoms with Crippen LogP contribution in [0.15, 0.2) is 11.6 Å². The molecule has 0 unspecified atom stereocenters. The minimum atomic E-state index is -0.980. The van der Waals surface area contributed by atoms with Crippen molar-refractivity contribution in [1.82, 2.24) is 15.5 Å². The highest BCUT2D eigenvalue weighted by molar-refractivity contribution is 5.87. The second-order valence-electron chi connectivity index (χ2n) is 7.61. The van der Waals surface area contributed by atoms with Crippen molar-refractivity contribution in [3.05, 3.63) is 11.6 Å². The minimum Gasteiger partial charge on any atom is -0.478 e. The van der Waals surface area contributed by atoms with E-state index in [1.165, 1.54) is 6.92 Å². The fraction of sp³-hybridized carbons (Fsp3) is 0.737. The molecule has 0 aromatic rings. The van der Waals surface area contributed by atoms with E-state index >= 15 is 0 Å². The maximum Gasteiger partial charge on any atom is 0.407 e. The number of carbonyl (C=O) groups is 3. The smallest absolute Gasteiger partial charge is 0.407 e. The standard InChI is InChI=1S/C19H32N4O5/c1-3-6-21-19(27)28-11-13-5-4-7-23(10-13)16-9-14(18(25)26)8-15(20)17(16)22-12(2)24/h9,13,15-17H,3-8,10-11,20H2,1-2H3,(H,21,27)(H,22,24)(H,25,26)/t13-,15-,16+,17+/m0/s1. The molecule has 2 rings (SSSR count). The summed E-state index contributed by atoms with van der Waals surface area (Å²) in [6.07, 6.45) is 4.19. The molecule has 0 saturated carbocycles. The number of carbonyl (C=O) groups excluding carboxylic acids is 2. The normalized spacial score (nSPS) is 28.2. The molecule has 2 aliphatic rings. The molecule has 1 saturated heterocycles. The van der Waals surface area contributed by atoms with E-state index in [9.17, 15) is 19.5 Å². The molecule has 5 N–H and O–H groups in total. The second-order valence-corrected chi connectivity index (χ2v) is 7.61. The molecule has 9 heteroatoms. The summed E-state index contributed by atoms with van der Waals surface area (Å²) in [6, 6.07) is -1.12. The number of alkyl carbamates (subject to hydrolysis) is 1. The molecule has 2 amide bonds. The maximum absolute atomic E-state index is 11.7. The van der Waals surface area contributed by atoms with Crippen molar-refractivity contribution in [2.45, 2.75) is 57.7 Å². The third kappa shape index (κ3) is 6.20. The topological polar surface area (TPSA) is 134 Å². The summed E-state index contributed by atoms with van der Waals surface area (Å²) >= 11 is 0. The third-order valence-corrected chi connectivity index (χ3v) is 5.24. The highest BCUT2D eigenvalue weighted by atomic mass is 16.5. The van der Waals surface area contributed by atoms with Crippen molar-refractivity contribution >= 4 is 18.0 Å². The van der Waals surface area contributed by atoms with Crippen LogP contribution in [0.5, 0.6) is 0 Å². The van der Waals surface area contributed by atoms with Crippen LogP contribution in [-0.2, 0) is 14.3 Å². The van der Waals surface area contributed by atoms with Gasteiger partial charge in [-0.2, -0.15) is 0 Å². The predicted molar refractivity (Wildman–Crippen MR) is 104 cm³/mol. The summed E-state index contributed by atoms with van der Waals surface area (Å²) in [7, 11) is 0. The van der Waals surface area contributed by atoms with Crippen molar-refractivity contribution in [3.8, 4) is 0 Å². The average molecular weight is 396 g/mol. The Balaban J connectivity index is 2.05. The summed E-state index contributed by atoms with van der Waals surface area (Å²) in [4.78, 5) is 37.0. The zero-order valence-electron chi connectivity index (χ0n) is 16.6. The lowest BCUT2D eigenvalue weighted by molar-refractivity contribution is -0.133. The van der Waals surface area contributed by atoms with E-state index < -0.39 is 18.1 Å². The van der Waals surface area contributed by atoms with E-state index in [-0.39, 0.29) is 35.9 Å². The largest absolute Gasteiger partial charge is 0.478 e. The van der Waals surface area contributed by atoms with Crippen molar-refractivity contribution in [1.29, 1.82) is 0 Å². The Hall–Kier alpha value is -2.13. The van der Waals surface area contributed by atoms with Gasteiger partial charge in [-0.25, -0.2) is 9.59 Å². The lowest BCUT2D eigenvalue weighted by atomic mass is 9.84. The summed E-state index contributed by atoms with van der Waals surface area (Å²) < 4.78 is 5.31. The van der Waals surface area contributed by atoms with Crippen molar-refractivity contribution < 1.29 is 24.2 Å². The van der Waals surface area contributed by atoms with Gasteiger partial charge in [0.15, 0.2) is 0 Å². The molecule has 0 aromatic carbocycles. The molecule has 1 fully saturated rings. The Kier molecular flexibility index (Phi) is 8.25. The lowest BCUT2D eigenvalue weighted by Crippen LogP contribution is -2.62. The van der Waals surface area contributed by atoms with Crippen LogP contribution in [0, 0.1) is 5.92 Å². The van der Waals surface area contributed by atoms with Gasteiger partial charge in [0.2, 0.25) is 5.91 Å². The lowest BCUT2D eigenvalue weighted by Gasteiger charge is -2.44. The number of likely N-dealkylation sites (tertiary alicyclic amines) is 1. The number of piperidine rings is 1. The van der Waals surface area contributed by atoms with Crippen LogP contribution in [0.1, 0.15) is 39.5 Å². The van der Waals surface area contributed by atoms with Crippen LogP contribution < -0.4 is 16.4 Å². The first-order chi connectivity index (χ1) is 13.3. The van der Waals surface area contributed by atoms with Gasteiger partial charge in [-0.1, -0.05) is 13.0 Å². The minimum absolute atomic E-state index is 0.152. The van der Waals surface area contributed by atoms with Crippen molar-refractivity contribution in [2.24, 2.45) is 11.7 Å². The molecule has 4 atom stereocenters. The Bertz CT molecular complexity index is 609. The molecule has 0 bridgehead atoms. The maximum atomic E-state index is 11.7. The molecule has 1 aliphatic carbocycles. The fourth-order valence-electron chi connectivity index (χ4n) is 3.91. The molecule has 0 aromatic heterocycles. The van der Waals surface area contributed by atoms with Gasteiger partial charge in [-0.3, -0.25) is 9.69 Å². The van der Waals surface area contributed by atoms with Gasteiger partial charge in [-0.05, 0) is 32.2 Å². The van der Waals surface area contributed by atoms with Gasteiger partial charge in [0.25, 0.3) is 0 Å². The summed E-state index contributed by atoms with van der Waals surface area (Å²) in [5.41, 5.74) is 6.48. The third-order valence-electron chi connectivity index (χ3n) is 5.24. The zero-order chi connectivity index (χ0) is 20.7. The number of ether oxygens (including phenoxy) is 1. The molecule has 1 aliphatic heterocycles. The fourth-order valence-corrected chi connectivity index (χ4v) is 3.91. The first kappa shape index (κ1) is 22.2. The van der Waals surface area contributed by atoms with Gasteiger partial charge in [-0.15, -0.1) is 0 Å². The van der Waals surface area contributed by atoms with Crippen LogP contribution in [-0.4, -0.2) is 72.3 Å². The van der Waals surface area contributed by atoms with Crippen molar-refractivity contribution in [3.63, 3.8) is 0 Å². The van der Waals surface area contributed by atoms with Gasteiger partial charge in [0, 0.05) is 37.5 Å². The number of nitrogens with two attached hydrogens (primary N) is 1. The highest BCUT2D eigenvalue weighted by Gasteiger charge is 2.38. The van der Waals surface area contributed by atoms with E-state index in [0.717, 1.165) is 25.8 Å². The van der Waals surface area contributed by atoms with Crippen LogP contribution in [0.3, 0.4) is 0 Å². The van der Waals surface area contributed by atoms with Gasteiger partial charge in [0.1, 0.15) is 0 Å². The van der Waals surface area contributed by atoms with E-state index in [1.54, 1.807) is 6.08 Å². The Morgan fingerprint density at radius 3 is 2.79 bits per heavy atom. The molecule has 158 valence electrons. The van der Waals surface area contributed by atoms with Crippen LogP contribution in [0.2, 0.25) is 0 Å². The zero-order valence-corrected chi connectivity index (χ0v) is 16.6. The average Bonchev–Trinajstić information content (AvgIpc) is 2.65. The number of rotatable bonds is 7. The van der Waals surface area contributed by atoms with Crippen LogP contribution in [0.4, 0.5) is 4.79 Å².